The number of thiazole rings is 1. The van der Waals surface area contributed by atoms with Crippen LogP contribution >= 0.6 is 39.0 Å². The van der Waals surface area contributed by atoms with E-state index in [2.05, 4.69) is 33.0 Å². The number of anilines is 1. The van der Waals surface area contributed by atoms with Gasteiger partial charge in [-0.3, -0.25) is 19.3 Å². The monoisotopic (exact) mass is 644 g/mol. The number of hydrogen-bond acceptors (Lipinski definition) is 6. The van der Waals surface area contributed by atoms with Crippen LogP contribution in [0.3, 0.4) is 0 Å². The van der Waals surface area contributed by atoms with Crippen molar-refractivity contribution >= 4 is 56.5 Å². The number of nitrogens with zero attached hydrogens (tertiary/aromatic N) is 1. The Morgan fingerprint density at radius 2 is 1.66 bits per heavy atom. The summed E-state index contributed by atoms with van der Waals surface area (Å²) in [5, 5.41) is 1.06. The second-order valence-corrected chi connectivity index (χ2v) is 14.4. The number of aromatic amines is 1. The number of aromatic nitrogens is 1. The number of imide groups is 1. The van der Waals surface area contributed by atoms with E-state index < -0.39 is 0 Å². The van der Waals surface area contributed by atoms with Crippen molar-refractivity contribution in [2.45, 2.75) is 29.2 Å². The molecular weight excluding hydrogens is 620 g/mol. The highest BCUT2D eigenvalue weighted by atomic mass is 79.9. The van der Waals surface area contributed by atoms with Crippen LogP contribution in [0.4, 0.5) is 5.69 Å². The molecule has 2 amide bonds. The molecule has 1 saturated heterocycles. The number of nitrogens with one attached hydrogen (secondary N) is 1. The van der Waals surface area contributed by atoms with Crippen LogP contribution in [0.2, 0.25) is 0 Å². The number of benzene rings is 3. The first-order valence-electron chi connectivity index (χ1n) is 13.8. The van der Waals surface area contributed by atoms with Crippen LogP contribution in [-0.2, 0) is 16.2 Å². The summed E-state index contributed by atoms with van der Waals surface area (Å²) >= 11 is 6.43. The number of carbonyl (C=O) groups is 2. The van der Waals surface area contributed by atoms with Gasteiger partial charge in [-0.05, 0) is 71.7 Å². The Balaban J connectivity index is 1.16. The molecule has 1 aromatic heterocycles. The summed E-state index contributed by atoms with van der Waals surface area (Å²) in [6, 6.07) is 25.6. The van der Waals surface area contributed by atoms with Crippen molar-refractivity contribution in [2.24, 2.45) is 29.6 Å². The zero-order valence-corrected chi connectivity index (χ0v) is 25.0. The Labute approximate surface area is 253 Å². The molecular formula is C32H25BrN2O4S2. The summed E-state index contributed by atoms with van der Waals surface area (Å²) < 4.78 is 7.09. The standard InChI is InChI=1S/C32H25BrN2O4S2/c33-18-9-11-19(12-10-18)35-30(36)25-21-14-22(26(25)31(35)37)27-24(21)23(28-29(40-27)34-32(38)41-28)17-7-4-8-20(13-17)39-15-16-5-2-1-3-6-16/h1-13,21-27H,14-15H2,(H,34,38)/t21?,22?,23-,24?,25?,26?,27?/m1/s1. The van der Waals surface area contributed by atoms with Crippen LogP contribution in [0.1, 0.15) is 28.3 Å². The van der Waals surface area contributed by atoms with Gasteiger partial charge in [-0.25, -0.2) is 0 Å². The third-order valence-corrected chi connectivity index (χ3v) is 12.4. The quantitative estimate of drug-likeness (QED) is 0.252. The summed E-state index contributed by atoms with van der Waals surface area (Å²) in [7, 11) is 0. The summed E-state index contributed by atoms with van der Waals surface area (Å²) in [4.78, 5) is 45.8. The van der Waals surface area contributed by atoms with E-state index in [0.29, 0.717) is 12.3 Å². The van der Waals surface area contributed by atoms with E-state index in [1.807, 2.05) is 66.7 Å². The zero-order chi connectivity index (χ0) is 27.8. The molecule has 2 aliphatic heterocycles. The molecule has 4 aromatic rings. The van der Waals surface area contributed by atoms with E-state index in [1.54, 1.807) is 11.8 Å². The first-order valence-corrected chi connectivity index (χ1v) is 16.3. The van der Waals surface area contributed by atoms with Gasteiger partial charge in [-0.2, -0.15) is 0 Å². The maximum atomic E-state index is 13.9. The molecule has 9 heteroatoms. The van der Waals surface area contributed by atoms with Crippen molar-refractivity contribution in [3.8, 4) is 5.75 Å². The Bertz CT molecular complexity index is 1740. The highest BCUT2D eigenvalue weighted by molar-refractivity contribution is 9.10. The Morgan fingerprint density at radius 1 is 0.902 bits per heavy atom. The van der Waals surface area contributed by atoms with Crippen LogP contribution in [0.25, 0.3) is 0 Å². The van der Waals surface area contributed by atoms with Crippen LogP contribution in [0, 0.1) is 29.6 Å². The highest BCUT2D eigenvalue weighted by Crippen LogP contribution is 2.68. The Morgan fingerprint density at radius 3 is 2.44 bits per heavy atom. The fraction of sp³-hybridized carbons (Fsp3) is 0.281. The van der Waals surface area contributed by atoms with Gasteiger partial charge in [0.15, 0.2) is 0 Å². The van der Waals surface area contributed by atoms with Crippen molar-refractivity contribution in [1.82, 2.24) is 4.98 Å². The number of H-pyrrole nitrogens is 1. The molecule has 2 bridgehead atoms. The Kier molecular flexibility index (Phi) is 6.05. The molecule has 41 heavy (non-hydrogen) atoms. The number of rotatable bonds is 5. The van der Waals surface area contributed by atoms with E-state index >= 15 is 0 Å². The summed E-state index contributed by atoms with van der Waals surface area (Å²) in [6.07, 6.45) is 0.864. The van der Waals surface area contributed by atoms with Crippen LogP contribution in [0.15, 0.2) is 93.2 Å². The molecule has 206 valence electrons. The number of halogens is 1. The minimum atomic E-state index is -0.324. The largest absolute Gasteiger partial charge is 0.489 e. The molecule has 4 aliphatic rings. The number of fused-ring (bicyclic) bond motifs is 9. The van der Waals surface area contributed by atoms with Gasteiger partial charge in [-0.1, -0.05) is 69.7 Å². The van der Waals surface area contributed by atoms with Gasteiger partial charge < -0.3 is 9.72 Å². The lowest BCUT2D eigenvalue weighted by Crippen LogP contribution is -2.42. The maximum absolute atomic E-state index is 13.9. The average Bonchev–Trinajstić information content (AvgIpc) is 3.72. The lowest BCUT2D eigenvalue weighted by Gasteiger charge is -2.43. The molecule has 0 radical (unpaired) electrons. The molecule has 6 nitrogen and oxygen atoms in total. The molecule has 8 rings (SSSR count). The van der Waals surface area contributed by atoms with Gasteiger partial charge in [-0.15, -0.1) is 11.8 Å². The molecule has 1 N–H and O–H groups in total. The molecule has 3 heterocycles. The number of hydrogen-bond donors (Lipinski definition) is 1. The fourth-order valence-electron chi connectivity index (χ4n) is 7.77. The second-order valence-electron chi connectivity index (χ2n) is 11.3. The predicted octanol–water partition coefficient (Wildman–Crippen LogP) is 6.46. The minimum Gasteiger partial charge on any atom is -0.489 e. The van der Waals surface area contributed by atoms with Crippen LogP contribution in [0.5, 0.6) is 5.75 Å². The lowest BCUT2D eigenvalue weighted by molar-refractivity contribution is -0.123. The molecule has 7 atom stereocenters. The highest BCUT2D eigenvalue weighted by Gasteiger charge is 2.69. The van der Waals surface area contributed by atoms with E-state index in [0.717, 1.165) is 37.7 Å². The Hall–Kier alpha value is -3.14. The van der Waals surface area contributed by atoms with Gasteiger partial charge in [0.1, 0.15) is 12.4 Å². The van der Waals surface area contributed by atoms with E-state index in [4.69, 9.17) is 4.74 Å². The molecule has 2 saturated carbocycles. The van der Waals surface area contributed by atoms with Gasteiger partial charge in [0.05, 0.1) is 22.5 Å². The fourth-order valence-corrected chi connectivity index (χ4v) is 10.9. The maximum Gasteiger partial charge on any atom is 0.305 e. The molecule has 6 unspecified atom stereocenters. The normalized spacial score (nSPS) is 29.4. The van der Waals surface area contributed by atoms with Crippen molar-refractivity contribution in [3.05, 3.63) is 109 Å². The SMILES string of the molecule is O=C1C2C3CC(C2C(=O)N1c1ccc(Br)cc1)C1C3Sc2[nH]c(=O)sc2[C@@H]1c1cccc(OCc2ccccc2)c1. The molecule has 2 aliphatic carbocycles. The lowest BCUT2D eigenvalue weighted by atomic mass is 9.68. The predicted molar refractivity (Wildman–Crippen MR) is 162 cm³/mol. The van der Waals surface area contributed by atoms with Crippen molar-refractivity contribution < 1.29 is 14.3 Å². The molecule has 0 spiro atoms. The van der Waals surface area contributed by atoms with Crippen molar-refractivity contribution in [3.63, 3.8) is 0 Å². The third kappa shape index (κ3) is 4.00. The van der Waals surface area contributed by atoms with Crippen molar-refractivity contribution in [1.29, 1.82) is 0 Å². The number of amides is 2. The van der Waals surface area contributed by atoms with Gasteiger partial charge in [0.2, 0.25) is 11.8 Å². The van der Waals surface area contributed by atoms with Gasteiger partial charge in [0, 0.05) is 20.5 Å². The topological polar surface area (TPSA) is 79.5 Å². The molecule has 3 fully saturated rings. The second kappa shape index (κ2) is 9.71. The summed E-state index contributed by atoms with van der Waals surface area (Å²) in [5.41, 5.74) is 2.82. The van der Waals surface area contributed by atoms with Crippen molar-refractivity contribution in [2.75, 3.05) is 4.90 Å². The third-order valence-electron chi connectivity index (χ3n) is 9.27. The van der Waals surface area contributed by atoms with E-state index in [9.17, 15) is 14.4 Å². The van der Waals surface area contributed by atoms with E-state index in [1.165, 1.54) is 16.2 Å². The average molecular weight is 646 g/mol. The summed E-state index contributed by atoms with van der Waals surface area (Å²) in [6.45, 7) is 0.469. The van der Waals surface area contributed by atoms with Gasteiger partial charge in [0.25, 0.3) is 0 Å². The minimum absolute atomic E-state index is 0.0407. The number of ether oxygens (including phenoxy) is 1. The zero-order valence-electron chi connectivity index (χ0n) is 21.7. The number of thioether (sulfide) groups is 1. The van der Waals surface area contributed by atoms with Crippen LogP contribution in [-0.4, -0.2) is 22.0 Å². The van der Waals surface area contributed by atoms with E-state index in [-0.39, 0.29) is 57.4 Å². The number of carbonyl (C=O) groups excluding carboxylic acids is 2. The van der Waals surface area contributed by atoms with Crippen LogP contribution < -0.4 is 14.5 Å². The van der Waals surface area contributed by atoms with Gasteiger partial charge >= 0.3 is 4.87 Å². The summed E-state index contributed by atoms with van der Waals surface area (Å²) in [5.74, 6) is 0.263. The smallest absolute Gasteiger partial charge is 0.305 e. The first-order chi connectivity index (χ1) is 20.0. The molecule has 3 aromatic carbocycles. The first kappa shape index (κ1) is 25.6.